The third kappa shape index (κ3) is 4.35. The molecule has 1 N–H and O–H groups in total. The van der Waals surface area contributed by atoms with Gasteiger partial charge in [-0.25, -0.2) is 0 Å². The van der Waals surface area contributed by atoms with E-state index < -0.39 is 0 Å². The van der Waals surface area contributed by atoms with Gasteiger partial charge in [0.15, 0.2) is 0 Å². The zero-order valence-corrected chi connectivity index (χ0v) is 11.9. The Morgan fingerprint density at radius 1 is 1.32 bits per heavy atom. The van der Waals surface area contributed by atoms with E-state index in [0.29, 0.717) is 12.3 Å². The van der Waals surface area contributed by atoms with Gasteiger partial charge in [-0.15, -0.1) is 0 Å². The lowest BCUT2D eigenvalue weighted by molar-refractivity contribution is -0.116. The van der Waals surface area contributed by atoms with E-state index in [9.17, 15) is 4.79 Å². The molecule has 1 aliphatic heterocycles. The number of ether oxygens (including phenoxy) is 1. The first kappa shape index (κ1) is 14.1. The lowest BCUT2D eigenvalue weighted by Gasteiger charge is -2.21. The van der Waals surface area contributed by atoms with Crippen LogP contribution < -0.4 is 5.32 Å². The number of aryl methyl sites for hydroxylation is 2. The van der Waals surface area contributed by atoms with Crippen LogP contribution in [0, 0.1) is 19.8 Å². The molecule has 0 bridgehead atoms. The van der Waals surface area contributed by atoms with E-state index in [4.69, 9.17) is 4.74 Å². The fraction of sp³-hybridized carbons (Fsp3) is 0.562. The van der Waals surface area contributed by atoms with Gasteiger partial charge in [0.25, 0.3) is 0 Å². The molecule has 1 saturated heterocycles. The van der Waals surface area contributed by atoms with Crippen LogP contribution in [0.1, 0.15) is 36.8 Å². The molecule has 2 rings (SSSR count). The van der Waals surface area contributed by atoms with Gasteiger partial charge in [0.2, 0.25) is 5.91 Å². The minimum atomic E-state index is 0.125. The highest BCUT2D eigenvalue weighted by molar-refractivity contribution is 5.91. The Morgan fingerprint density at radius 2 is 2.05 bits per heavy atom. The van der Waals surface area contributed by atoms with Crippen molar-refractivity contribution in [2.75, 3.05) is 18.5 Å². The molecule has 0 radical (unpaired) electrons. The summed E-state index contributed by atoms with van der Waals surface area (Å²) in [6.45, 7) is 5.76. The van der Waals surface area contributed by atoms with E-state index in [1.54, 1.807) is 0 Å². The summed E-state index contributed by atoms with van der Waals surface area (Å²) in [5, 5.41) is 3.02. The van der Waals surface area contributed by atoms with Gasteiger partial charge < -0.3 is 10.1 Å². The molecule has 1 fully saturated rings. The zero-order chi connectivity index (χ0) is 13.7. The first-order valence-electron chi connectivity index (χ1n) is 7.10. The van der Waals surface area contributed by atoms with E-state index in [1.807, 2.05) is 26.0 Å². The SMILES string of the molecule is Cc1ccc(C)c(NC(=O)CCC2CCOCC2)c1. The molecule has 1 heterocycles. The van der Waals surface area contributed by atoms with E-state index in [-0.39, 0.29) is 5.91 Å². The maximum Gasteiger partial charge on any atom is 0.224 e. The molecule has 0 aliphatic carbocycles. The Hall–Kier alpha value is -1.35. The maximum atomic E-state index is 12.0. The molecule has 0 aromatic heterocycles. The standard InChI is InChI=1S/C16H23NO2/c1-12-3-4-13(2)15(11-12)17-16(18)6-5-14-7-9-19-10-8-14/h3-4,11,14H,5-10H2,1-2H3,(H,17,18). The zero-order valence-electron chi connectivity index (χ0n) is 11.9. The van der Waals surface area contributed by atoms with Crippen LogP contribution in [0.3, 0.4) is 0 Å². The Labute approximate surface area is 115 Å². The number of carbonyl (C=O) groups excluding carboxylic acids is 1. The van der Waals surface area contributed by atoms with Crippen LogP contribution in [0.5, 0.6) is 0 Å². The van der Waals surface area contributed by atoms with Gasteiger partial charge in [-0.05, 0) is 56.2 Å². The van der Waals surface area contributed by atoms with Crippen LogP contribution in [0.2, 0.25) is 0 Å². The van der Waals surface area contributed by atoms with Crippen LogP contribution in [-0.2, 0) is 9.53 Å². The summed E-state index contributed by atoms with van der Waals surface area (Å²) in [6.07, 6.45) is 3.77. The van der Waals surface area contributed by atoms with Crippen LogP contribution >= 0.6 is 0 Å². The van der Waals surface area contributed by atoms with E-state index >= 15 is 0 Å². The average molecular weight is 261 g/mol. The van der Waals surface area contributed by atoms with Crippen molar-refractivity contribution < 1.29 is 9.53 Å². The molecule has 104 valence electrons. The highest BCUT2D eigenvalue weighted by Crippen LogP contribution is 2.21. The van der Waals surface area contributed by atoms with Crippen LogP contribution in [0.25, 0.3) is 0 Å². The number of nitrogens with one attached hydrogen (secondary N) is 1. The summed E-state index contributed by atoms with van der Waals surface area (Å²) in [7, 11) is 0. The Bertz CT molecular complexity index is 436. The Kier molecular flexibility index (Phi) is 4.97. The summed E-state index contributed by atoms with van der Waals surface area (Å²) < 4.78 is 5.33. The van der Waals surface area contributed by atoms with Crippen molar-refractivity contribution in [3.8, 4) is 0 Å². The fourth-order valence-corrected chi connectivity index (χ4v) is 2.45. The van der Waals surface area contributed by atoms with Crippen LogP contribution in [0.15, 0.2) is 18.2 Å². The van der Waals surface area contributed by atoms with Gasteiger partial charge in [0, 0.05) is 25.3 Å². The number of anilines is 1. The molecule has 0 saturated carbocycles. The average Bonchev–Trinajstić information content (AvgIpc) is 2.42. The molecule has 1 aromatic rings. The van der Waals surface area contributed by atoms with E-state index in [0.717, 1.165) is 43.7 Å². The number of carbonyl (C=O) groups is 1. The minimum Gasteiger partial charge on any atom is -0.381 e. The number of hydrogen-bond acceptors (Lipinski definition) is 2. The number of hydrogen-bond donors (Lipinski definition) is 1. The number of rotatable bonds is 4. The Balaban J connectivity index is 1.81. The fourth-order valence-electron chi connectivity index (χ4n) is 2.45. The Morgan fingerprint density at radius 3 is 2.79 bits per heavy atom. The summed E-state index contributed by atoms with van der Waals surface area (Å²) >= 11 is 0. The third-order valence-electron chi connectivity index (χ3n) is 3.79. The second-order valence-corrected chi connectivity index (χ2v) is 5.46. The van der Waals surface area contributed by atoms with Crippen molar-refractivity contribution in [1.82, 2.24) is 0 Å². The smallest absolute Gasteiger partial charge is 0.224 e. The lowest BCUT2D eigenvalue weighted by atomic mass is 9.95. The number of amides is 1. The first-order chi connectivity index (χ1) is 9.15. The van der Waals surface area contributed by atoms with Gasteiger partial charge in [-0.3, -0.25) is 4.79 Å². The maximum absolute atomic E-state index is 12.0. The quantitative estimate of drug-likeness (QED) is 0.901. The predicted octanol–water partition coefficient (Wildman–Crippen LogP) is 3.45. The molecule has 0 unspecified atom stereocenters. The largest absolute Gasteiger partial charge is 0.381 e. The van der Waals surface area contributed by atoms with Gasteiger partial charge in [0.1, 0.15) is 0 Å². The molecule has 1 aliphatic rings. The van der Waals surface area contributed by atoms with Crippen LogP contribution in [0.4, 0.5) is 5.69 Å². The molecule has 0 atom stereocenters. The highest BCUT2D eigenvalue weighted by atomic mass is 16.5. The van der Waals surface area contributed by atoms with Gasteiger partial charge in [-0.1, -0.05) is 12.1 Å². The van der Waals surface area contributed by atoms with Gasteiger partial charge >= 0.3 is 0 Å². The molecule has 1 amide bonds. The molecular formula is C16H23NO2. The molecule has 1 aromatic carbocycles. The van der Waals surface area contributed by atoms with Crippen molar-refractivity contribution >= 4 is 11.6 Å². The van der Waals surface area contributed by atoms with Crippen molar-refractivity contribution in [2.24, 2.45) is 5.92 Å². The van der Waals surface area contributed by atoms with E-state index in [1.165, 1.54) is 5.56 Å². The monoisotopic (exact) mass is 261 g/mol. The molecule has 19 heavy (non-hydrogen) atoms. The topological polar surface area (TPSA) is 38.3 Å². The summed E-state index contributed by atoms with van der Waals surface area (Å²) in [5.74, 6) is 0.776. The predicted molar refractivity (Wildman–Crippen MR) is 77.3 cm³/mol. The summed E-state index contributed by atoms with van der Waals surface area (Å²) in [5.41, 5.74) is 3.23. The second-order valence-electron chi connectivity index (χ2n) is 5.46. The van der Waals surface area contributed by atoms with Crippen molar-refractivity contribution in [3.63, 3.8) is 0 Å². The van der Waals surface area contributed by atoms with Crippen molar-refractivity contribution in [2.45, 2.75) is 39.5 Å². The minimum absolute atomic E-state index is 0.125. The summed E-state index contributed by atoms with van der Waals surface area (Å²) in [4.78, 5) is 12.0. The lowest BCUT2D eigenvalue weighted by Crippen LogP contribution is -2.19. The normalized spacial score (nSPS) is 16.3. The summed E-state index contributed by atoms with van der Waals surface area (Å²) in [6, 6.07) is 6.14. The van der Waals surface area contributed by atoms with Gasteiger partial charge in [-0.2, -0.15) is 0 Å². The highest BCUT2D eigenvalue weighted by Gasteiger charge is 2.15. The van der Waals surface area contributed by atoms with Crippen molar-refractivity contribution in [3.05, 3.63) is 29.3 Å². The van der Waals surface area contributed by atoms with Gasteiger partial charge in [0.05, 0.1) is 0 Å². The molecule has 3 heteroatoms. The molecular weight excluding hydrogens is 238 g/mol. The third-order valence-corrected chi connectivity index (χ3v) is 3.79. The second kappa shape index (κ2) is 6.71. The first-order valence-corrected chi connectivity index (χ1v) is 7.10. The van der Waals surface area contributed by atoms with Crippen molar-refractivity contribution in [1.29, 1.82) is 0 Å². The molecule has 0 spiro atoms. The number of benzene rings is 1. The molecule has 3 nitrogen and oxygen atoms in total. The van der Waals surface area contributed by atoms with Crippen LogP contribution in [-0.4, -0.2) is 19.1 Å². The van der Waals surface area contributed by atoms with E-state index in [2.05, 4.69) is 11.4 Å².